The summed E-state index contributed by atoms with van der Waals surface area (Å²) in [5.41, 5.74) is 1.39. The van der Waals surface area contributed by atoms with E-state index in [1.807, 2.05) is 30.3 Å². The van der Waals surface area contributed by atoms with Gasteiger partial charge in [-0.25, -0.2) is 4.98 Å². The zero-order chi connectivity index (χ0) is 17.8. The minimum Gasteiger partial charge on any atom is -0.494 e. The van der Waals surface area contributed by atoms with E-state index in [1.54, 1.807) is 6.92 Å². The van der Waals surface area contributed by atoms with Gasteiger partial charge in [0.15, 0.2) is 5.01 Å². The Labute approximate surface area is 154 Å². The molecular formula is C18H18ClN3O2S. The highest BCUT2D eigenvalue weighted by Crippen LogP contribution is 2.26. The zero-order valence-corrected chi connectivity index (χ0v) is 15.6. The maximum Gasteiger partial charge on any atom is 0.275 e. The normalized spacial score (nSPS) is 11.9. The number of rotatable bonds is 6. The van der Waals surface area contributed by atoms with Gasteiger partial charge in [0.25, 0.3) is 5.56 Å². The number of aryl methyl sites for hydroxylation is 1. The molecule has 5 nitrogen and oxygen atoms in total. The smallest absolute Gasteiger partial charge is 0.275 e. The fraction of sp³-hybridized carbons (Fsp3) is 0.278. The molecule has 0 saturated heterocycles. The summed E-state index contributed by atoms with van der Waals surface area (Å²) in [4.78, 5) is 16.8. The summed E-state index contributed by atoms with van der Waals surface area (Å²) in [7, 11) is 0. The molecule has 0 N–H and O–H groups in total. The Kier molecular flexibility index (Phi) is 5.50. The summed E-state index contributed by atoms with van der Waals surface area (Å²) in [5.74, 6) is 0.841. The van der Waals surface area contributed by atoms with Gasteiger partial charge in [-0.05, 0) is 37.1 Å². The van der Waals surface area contributed by atoms with E-state index >= 15 is 0 Å². The number of nitrogens with zero attached hydrogens (tertiary/aromatic N) is 3. The maximum atomic E-state index is 11.9. The van der Waals surface area contributed by atoms with E-state index in [1.165, 1.54) is 21.9 Å². The van der Waals surface area contributed by atoms with Crippen LogP contribution in [0.3, 0.4) is 0 Å². The Hall–Kier alpha value is -2.18. The molecule has 0 saturated carbocycles. The molecule has 130 valence electrons. The highest BCUT2D eigenvalue weighted by molar-refractivity contribution is 7.18. The number of benzene rings is 1. The van der Waals surface area contributed by atoms with Crippen molar-refractivity contribution in [2.75, 3.05) is 6.61 Å². The zero-order valence-electron chi connectivity index (χ0n) is 14.0. The SMILES string of the molecule is CCCCOc1ccc(/C=C(\Cl)c2nn3c(=O)cc(C)nc3s2)cc1. The summed E-state index contributed by atoms with van der Waals surface area (Å²) in [5, 5.41) is 5.27. The van der Waals surface area contributed by atoms with Crippen molar-refractivity contribution in [2.24, 2.45) is 0 Å². The first-order valence-corrected chi connectivity index (χ1v) is 9.24. The van der Waals surface area contributed by atoms with Gasteiger partial charge >= 0.3 is 0 Å². The second kappa shape index (κ2) is 7.80. The number of hydrogen-bond donors (Lipinski definition) is 0. The Morgan fingerprint density at radius 2 is 2.12 bits per heavy atom. The molecule has 7 heteroatoms. The van der Waals surface area contributed by atoms with Crippen LogP contribution in [0.5, 0.6) is 5.75 Å². The Balaban J connectivity index is 1.81. The van der Waals surface area contributed by atoms with Crippen LogP contribution in [0.1, 0.15) is 36.0 Å². The highest BCUT2D eigenvalue weighted by atomic mass is 35.5. The lowest BCUT2D eigenvalue weighted by Gasteiger charge is -2.05. The predicted molar refractivity (Wildman–Crippen MR) is 102 cm³/mol. The van der Waals surface area contributed by atoms with E-state index < -0.39 is 0 Å². The van der Waals surface area contributed by atoms with Crippen molar-refractivity contribution in [3.63, 3.8) is 0 Å². The van der Waals surface area contributed by atoms with Crippen LogP contribution in [0.15, 0.2) is 35.1 Å². The molecule has 0 aliphatic heterocycles. The van der Waals surface area contributed by atoms with Crippen LogP contribution < -0.4 is 10.3 Å². The molecule has 0 spiro atoms. The molecule has 0 aliphatic carbocycles. The van der Waals surface area contributed by atoms with Crippen LogP contribution in [0.25, 0.3) is 16.1 Å². The molecule has 0 amide bonds. The number of ether oxygens (including phenoxy) is 1. The van der Waals surface area contributed by atoms with Crippen molar-refractivity contribution in [2.45, 2.75) is 26.7 Å². The van der Waals surface area contributed by atoms with E-state index in [4.69, 9.17) is 16.3 Å². The van der Waals surface area contributed by atoms with Gasteiger partial charge in [0.2, 0.25) is 4.96 Å². The molecule has 0 aliphatic rings. The lowest BCUT2D eigenvalue weighted by molar-refractivity contribution is 0.309. The summed E-state index contributed by atoms with van der Waals surface area (Å²) < 4.78 is 6.92. The number of aromatic nitrogens is 3. The fourth-order valence-corrected chi connectivity index (χ4v) is 3.36. The first-order chi connectivity index (χ1) is 12.1. The molecule has 0 radical (unpaired) electrons. The average molecular weight is 376 g/mol. The quantitative estimate of drug-likeness (QED) is 0.600. The summed E-state index contributed by atoms with van der Waals surface area (Å²) in [6.45, 7) is 4.63. The van der Waals surface area contributed by atoms with E-state index in [0.29, 0.717) is 20.7 Å². The number of unbranched alkanes of at least 4 members (excludes halogenated alkanes) is 1. The van der Waals surface area contributed by atoms with Gasteiger partial charge in [0, 0.05) is 11.8 Å². The number of hydrogen-bond acceptors (Lipinski definition) is 5. The molecule has 2 heterocycles. The van der Waals surface area contributed by atoms with Gasteiger partial charge in [-0.2, -0.15) is 9.61 Å². The van der Waals surface area contributed by atoms with Gasteiger partial charge in [0.1, 0.15) is 5.75 Å². The molecule has 0 atom stereocenters. The largest absolute Gasteiger partial charge is 0.494 e. The molecule has 0 fully saturated rings. The molecule has 1 aromatic carbocycles. The predicted octanol–water partition coefficient (Wildman–Crippen LogP) is 4.38. The van der Waals surface area contributed by atoms with Crippen molar-refractivity contribution in [3.8, 4) is 5.75 Å². The van der Waals surface area contributed by atoms with E-state index in [9.17, 15) is 4.79 Å². The van der Waals surface area contributed by atoms with Crippen molar-refractivity contribution in [1.82, 2.24) is 14.6 Å². The van der Waals surface area contributed by atoms with Crippen LogP contribution in [0, 0.1) is 6.92 Å². The van der Waals surface area contributed by atoms with Crippen LogP contribution in [0.4, 0.5) is 0 Å². The highest BCUT2D eigenvalue weighted by Gasteiger charge is 2.10. The third kappa shape index (κ3) is 4.27. The lowest BCUT2D eigenvalue weighted by Crippen LogP contribution is -2.14. The minimum atomic E-state index is -0.206. The Morgan fingerprint density at radius 1 is 1.36 bits per heavy atom. The van der Waals surface area contributed by atoms with Gasteiger partial charge in [-0.15, -0.1) is 0 Å². The third-order valence-corrected chi connectivity index (χ3v) is 4.86. The van der Waals surface area contributed by atoms with E-state index in [-0.39, 0.29) is 5.56 Å². The molecule has 0 unspecified atom stereocenters. The molecule has 2 aromatic heterocycles. The van der Waals surface area contributed by atoms with Crippen molar-refractivity contribution in [3.05, 3.63) is 57.0 Å². The number of halogens is 1. The van der Waals surface area contributed by atoms with Crippen molar-refractivity contribution in [1.29, 1.82) is 0 Å². The average Bonchev–Trinajstić information content (AvgIpc) is 3.01. The van der Waals surface area contributed by atoms with Crippen molar-refractivity contribution < 1.29 is 4.74 Å². The summed E-state index contributed by atoms with van der Waals surface area (Å²) in [6.07, 6.45) is 3.96. The van der Waals surface area contributed by atoms with Crippen LogP contribution in [0.2, 0.25) is 0 Å². The topological polar surface area (TPSA) is 56.5 Å². The summed E-state index contributed by atoms with van der Waals surface area (Å²) >= 11 is 7.67. The molecule has 3 aromatic rings. The lowest BCUT2D eigenvalue weighted by atomic mass is 10.2. The monoisotopic (exact) mass is 375 g/mol. The molecular weight excluding hydrogens is 358 g/mol. The van der Waals surface area contributed by atoms with Crippen molar-refractivity contribution >= 4 is 39.0 Å². The van der Waals surface area contributed by atoms with Gasteiger partial charge < -0.3 is 4.74 Å². The second-order valence-electron chi connectivity index (χ2n) is 5.60. The molecule has 0 bridgehead atoms. The number of fused-ring (bicyclic) bond motifs is 1. The van der Waals surface area contributed by atoms with Crippen LogP contribution >= 0.6 is 22.9 Å². The fourth-order valence-electron chi connectivity index (χ4n) is 2.22. The molecule has 25 heavy (non-hydrogen) atoms. The minimum absolute atomic E-state index is 0.206. The van der Waals surface area contributed by atoms with Gasteiger partial charge in [-0.3, -0.25) is 4.79 Å². The van der Waals surface area contributed by atoms with E-state index in [2.05, 4.69) is 17.0 Å². The molecule has 3 rings (SSSR count). The standard InChI is InChI=1S/C18H18ClN3O2S/c1-3-4-9-24-14-7-5-13(6-8-14)11-15(19)17-21-22-16(23)10-12(2)20-18(22)25-17/h5-8,10-11H,3-4,9H2,1-2H3/b15-11-. The van der Waals surface area contributed by atoms with Crippen LogP contribution in [-0.4, -0.2) is 21.2 Å². The third-order valence-electron chi connectivity index (χ3n) is 3.52. The Bertz CT molecular complexity index is 961. The first kappa shape index (κ1) is 17.6. The van der Waals surface area contributed by atoms with Gasteiger partial charge in [0.05, 0.1) is 11.6 Å². The first-order valence-electron chi connectivity index (χ1n) is 8.05. The second-order valence-corrected chi connectivity index (χ2v) is 6.96. The maximum absolute atomic E-state index is 11.9. The van der Waals surface area contributed by atoms with Crippen LogP contribution in [-0.2, 0) is 0 Å². The Morgan fingerprint density at radius 3 is 2.84 bits per heavy atom. The summed E-state index contributed by atoms with van der Waals surface area (Å²) in [6, 6.07) is 9.15. The van der Waals surface area contributed by atoms with E-state index in [0.717, 1.165) is 30.8 Å². The van der Waals surface area contributed by atoms with Gasteiger partial charge in [-0.1, -0.05) is 48.4 Å².